The molecule has 6 atom stereocenters. The number of methoxy groups -OCH3 is 1. The van der Waals surface area contributed by atoms with E-state index in [2.05, 4.69) is 19.9 Å². The van der Waals surface area contributed by atoms with E-state index in [1.54, 1.807) is 0 Å². The SMILES string of the molecule is CCOC(=O)C(COC(C)=O)(COP(=O)(N[C@@H](C)C(=O)OC)OCC1OC(n2cnc(C(N)=O)n2)C(O)C1O)C(=O)OCC. The molecule has 1 aromatic rings. The molecule has 1 saturated heterocycles. The lowest BCUT2D eigenvalue weighted by Gasteiger charge is -2.30. The van der Waals surface area contributed by atoms with Gasteiger partial charge in [-0.05, 0) is 20.8 Å². The topological polar surface area (TPSA) is 276 Å². The van der Waals surface area contributed by atoms with E-state index < -0.39 is 99.2 Å². The van der Waals surface area contributed by atoms with Crippen LogP contribution in [0.15, 0.2) is 6.33 Å². The largest absolute Gasteiger partial charge is 0.468 e. The predicted molar refractivity (Wildman–Crippen MR) is 141 cm³/mol. The van der Waals surface area contributed by atoms with Gasteiger partial charge in [-0.3, -0.25) is 33.0 Å². The number of ether oxygens (including phenoxy) is 5. The van der Waals surface area contributed by atoms with Crippen molar-refractivity contribution < 1.29 is 71.5 Å². The molecule has 0 radical (unpaired) electrons. The molecule has 1 aliphatic heterocycles. The maximum Gasteiger partial charge on any atom is 0.406 e. The fraction of sp³-hybridized carbons (Fsp3) is 0.696. The van der Waals surface area contributed by atoms with Crippen molar-refractivity contribution in [2.45, 2.75) is 58.3 Å². The maximum absolute atomic E-state index is 13.9. The van der Waals surface area contributed by atoms with Gasteiger partial charge in [-0.15, -0.1) is 5.10 Å². The zero-order valence-electron chi connectivity index (χ0n) is 24.6. The number of carbonyl (C=O) groups is 5. The smallest absolute Gasteiger partial charge is 0.406 e. The zero-order valence-corrected chi connectivity index (χ0v) is 25.5. The van der Waals surface area contributed by atoms with Crippen LogP contribution in [0.4, 0.5) is 0 Å². The molecule has 1 amide bonds. The molecule has 0 saturated carbocycles. The average Bonchev–Trinajstić information content (AvgIpc) is 3.57. The van der Waals surface area contributed by atoms with Crippen LogP contribution >= 0.6 is 7.75 Å². The van der Waals surface area contributed by atoms with Gasteiger partial charge in [0.05, 0.1) is 33.5 Å². The lowest BCUT2D eigenvalue weighted by molar-refractivity contribution is -0.181. The lowest BCUT2D eigenvalue weighted by atomic mass is 9.90. The van der Waals surface area contributed by atoms with E-state index >= 15 is 0 Å². The molecule has 1 aromatic heterocycles. The number of nitrogens with one attached hydrogen (secondary N) is 1. The first kappa shape index (κ1) is 36.7. The summed E-state index contributed by atoms with van der Waals surface area (Å²) in [6.07, 6.45) is -5.09. The number of carbonyl (C=O) groups excluding carboxylic acids is 5. The van der Waals surface area contributed by atoms with Crippen LogP contribution in [0, 0.1) is 5.41 Å². The van der Waals surface area contributed by atoms with E-state index in [1.165, 1.54) is 20.8 Å². The second-order valence-electron chi connectivity index (χ2n) is 9.20. The van der Waals surface area contributed by atoms with E-state index in [4.69, 9.17) is 33.7 Å². The molecule has 44 heavy (non-hydrogen) atoms. The maximum atomic E-state index is 13.9. The molecule has 0 bridgehead atoms. The highest BCUT2D eigenvalue weighted by Crippen LogP contribution is 2.47. The van der Waals surface area contributed by atoms with Gasteiger partial charge in [-0.25, -0.2) is 19.3 Å². The Morgan fingerprint density at radius 2 is 1.70 bits per heavy atom. The molecule has 0 aliphatic carbocycles. The van der Waals surface area contributed by atoms with Gasteiger partial charge >= 0.3 is 31.6 Å². The Kier molecular flexibility index (Phi) is 13.3. The summed E-state index contributed by atoms with van der Waals surface area (Å²) in [7, 11) is -3.73. The summed E-state index contributed by atoms with van der Waals surface area (Å²) in [4.78, 5) is 64.7. The molecule has 21 heteroatoms. The molecule has 2 rings (SSSR count). The monoisotopic (exact) mass is 653 g/mol. The molecule has 0 aromatic carbocycles. The summed E-state index contributed by atoms with van der Waals surface area (Å²) in [6, 6.07) is -1.35. The van der Waals surface area contributed by atoms with Crippen molar-refractivity contribution in [3.63, 3.8) is 0 Å². The number of nitrogens with zero attached hydrogens (tertiary/aromatic N) is 3. The Balaban J connectivity index is 2.36. The number of esters is 4. The van der Waals surface area contributed by atoms with Gasteiger partial charge in [0.2, 0.25) is 11.2 Å². The number of aromatic nitrogens is 3. The molecule has 1 fully saturated rings. The molecule has 5 unspecified atom stereocenters. The number of primary amides is 1. The first-order chi connectivity index (χ1) is 20.6. The third-order valence-corrected chi connectivity index (χ3v) is 7.64. The highest BCUT2D eigenvalue weighted by molar-refractivity contribution is 7.51. The first-order valence-corrected chi connectivity index (χ1v) is 14.6. The number of hydrogen-bond acceptors (Lipinski definition) is 17. The Hall–Kier alpha value is -3.52. The Morgan fingerprint density at radius 1 is 1.09 bits per heavy atom. The number of rotatable bonds is 17. The number of hydrogen-bond donors (Lipinski definition) is 4. The van der Waals surface area contributed by atoms with E-state index in [9.17, 15) is 38.8 Å². The standard InChI is InChI=1S/C23H36N5O15P/c1-6-38-21(34)23(9-40-13(4)29,22(35)39-7-2)10-42-44(36,27-12(3)20(33)37-5)41-8-14-15(30)16(31)19(43-14)28-11-25-18(26-28)17(24)32/h11-12,14-16,19,30-31H,6-10H2,1-5H3,(H2,24,32)(H,27,36)/t12-,14?,15?,16?,19?,44?/m0/s1. The van der Waals surface area contributed by atoms with Crippen LogP contribution < -0.4 is 10.8 Å². The normalized spacial score (nSPS) is 22.0. The van der Waals surface area contributed by atoms with Crippen LogP contribution in [0.1, 0.15) is 44.5 Å². The van der Waals surface area contributed by atoms with Crippen molar-refractivity contribution in [1.29, 1.82) is 0 Å². The minimum Gasteiger partial charge on any atom is -0.468 e. The molecule has 5 N–H and O–H groups in total. The van der Waals surface area contributed by atoms with Gasteiger partial charge < -0.3 is 39.6 Å². The second-order valence-corrected chi connectivity index (χ2v) is 11.0. The predicted octanol–water partition coefficient (Wildman–Crippen LogP) is -2.04. The van der Waals surface area contributed by atoms with E-state index in [-0.39, 0.29) is 13.2 Å². The van der Waals surface area contributed by atoms with Crippen molar-refractivity contribution in [3.05, 3.63) is 12.2 Å². The van der Waals surface area contributed by atoms with Crippen molar-refractivity contribution >= 4 is 37.5 Å². The fourth-order valence-electron chi connectivity index (χ4n) is 3.66. The van der Waals surface area contributed by atoms with Gasteiger partial charge in [-0.1, -0.05) is 0 Å². The Labute approximate surface area is 251 Å². The molecule has 2 heterocycles. The second kappa shape index (κ2) is 16.0. The summed E-state index contributed by atoms with van der Waals surface area (Å²) in [5, 5.41) is 27.1. The summed E-state index contributed by atoms with van der Waals surface area (Å²) in [5.74, 6) is -5.63. The number of aliphatic hydroxyl groups is 2. The van der Waals surface area contributed by atoms with E-state index in [0.717, 1.165) is 25.0 Å². The van der Waals surface area contributed by atoms with Gasteiger partial charge in [0.1, 0.15) is 37.3 Å². The molecular formula is C23H36N5O15P. The lowest BCUT2D eigenvalue weighted by Crippen LogP contribution is -2.50. The zero-order chi connectivity index (χ0) is 33.2. The minimum atomic E-state index is -4.78. The summed E-state index contributed by atoms with van der Waals surface area (Å²) in [6.45, 7) is 1.89. The minimum absolute atomic E-state index is 0.209. The number of aliphatic hydroxyl groups excluding tert-OH is 2. The van der Waals surface area contributed by atoms with E-state index in [1.807, 2.05) is 0 Å². The van der Waals surface area contributed by atoms with E-state index in [0.29, 0.717) is 0 Å². The van der Waals surface area contributed by atoms with Crippen molar-refractivity contribution in [1.82, 2.24) is 19.9 Å². The molecular weight excluding hydrogens is 617 g/mol. The molecule has 20 nitrogen and oxygen atoms in total. The summed E-state index contributed by atoms with van der Waals surface area (Å²) >= 11 is 0. The van der Waals surface area contributed by atoms with Crippen molar-refractivity contribution in [2.24, 2.45) is 11.1 Å². The van der Waals surface area contributed by atoms with Crippen LogP contribution in [-0.2, 0) is 56.5 Å². The van der Waals surface area contributed by atoms with Crippen molar-refractivity contribution in [3.8, 4) is 0 Å². The van der Waals surface area contributed by atoms with Crippen LogP contribution in [0.5, 0.6) is 0 Å². The van der Waals surface area contributed by atoms with Gasteiger partial charge in [0.15, 0.2) is 6.23 Å². The summed E-state index contributed by atoms with van der Waals surface area (Å²) < 4.78 is 50.7. The average molecular weight is 654 g/mol. The quantitative estimate of drug-likeness (QED) is 0.0610. The third-order valence-electron chi connectivity index (χ3n) is 5.98. The number of amides is 1. The molecule has 1 aliphatic rings. The van der Waals surface area contributed by atoms with Crippen LogP contribution in [0.2, 0.25) is 0 Å². The highest BCUT2D eigenvalue weighted by atomic mass is 31.2. The Bertz CT molecular complexity index is 1220. The van der Waals surface area contributed by atoms with Crippen LogP contribution in [-0.4, -0.2) is 119 Å². The van der Waals surface area contributed by atoms with Crippen LogP contribution in [0.3, 0.4) is 0 Å². The Morgan fingerprint density at radius 3 is 2.20 bits per heavy atom. The number of nitrogens with two attached hydrogens (primary N) is 1. The van der Waals surface area contributed by atoms with Crippen molar-refractivity contribution in [2.75, 3.05) is 40.1 Å². The summed E-state index contributed by atoms with van der Waals surface area (Å²) in [5.41, 5.74) is 2.64. The van der Waals surface area contributed by atoms with Gasteiger partial charge in [-0.2, -0.15) is 0 Å². The first-order valence-electron chi connectivity index (χ1n) is 13.1. The molecule has 0 spiro atoms. The van der Waals surface area contributed by atoms with Gasteiger partial charge in [0, 0.05) is 6.92 Å². The fourth-order valence-corrected chi connectivity index (χ4v) is 5.20. The third kappa shape index (κ3) is 9.00. The van der Waals surface area contributed by atoms with Crippen LogP contribution in [0.25, 0.3) is 0 Å². The molecule has 248 valence electrons. The van der Waals surface area contributed by atoms with Gasteiger partial charge in [0.25, 0.3) is 5.91 Å². The highest BCUT2D eigenvalue weighted by Gasteiger charge is 2.53.